The molecule has 1 aromatic heterocycles. The highest BCUT2D eigenvalue weighted by Crippen LogP contribution is 2.46. The fourth-order valence-electron chi connectivity index (χ4n) is 3.55. The van der Waals surface area contributed by atoms with Crippen LogP contribution in [0.5, 0.6) is 0 Å². The van der Waals surface area contributed by atoms with E-state index >= 15 is 0 Å². The first kappa shape index (κ1) is 19.8. The number of carbonyl (C=O) groups is 2. The monoisotopic (exact) mass is 436 g/mol. The normalized spacial score (nSPS) is 23.6. The van der Waals surface area contributed by atoms with Gasteiger partial charge in [-0.15, -0.1) is 11.3 Å². The molecule has 2 aromatic rings. The number of nitrogens with one attached hydrogen (secondary N) is 2. The minimum Gasteiger partial charge on any atom is -0.465 e. The van der Waals surface area contributed by atoms with E-state index in [1.54, 1.807) is 11.4 Å². The molecule has 2 amide bonds. The predicted octanol–water partition coefficient (Wildman–Crippen LogP) is 3.14. The van der Waals surface area contributed by atoms with Gasteiger partial charge >= 0.3 is 6.09 Å². The summed E-state index contributed by atoms with van der Waals surface area (Å²) in [5, 5.41) is 16.3. The summed E-state index contributed by atoms with van der Waals surface area (Å²) in [5.74, 6) is -0.433. The topological polar surface area (TPSA) is 113 Å². The Kier molecular flexibility index (Phi) is 5.52. The lowest BCUT2D eigenvalue weighted by Gasteiger charge is -2.44. The average Bonchev–Trinajstić information content (AvgIpc) is 3.24. The number of benzene rings is 1. The number of thioether (sulfide) groups is 1. The maximum absolute atomic E-state index is 14.9. The molecule has 2 aliphatic rings. The molecule has 1 saturated heterocycles. The number of amidine groups is 1. The van der Waals surface area contributed by atoms with Gasteiger partial charge in [-0.05, 0) is 18.2 Å². The summed E-state index contributed by atoms with van der Waals surface area (Å²) in [6.07, 6.45) is 0.720. The van der Waals surface area contributed by atoms with Crippen LogP contribution in [0.25, 0.3) is 0 Å². The van der Waals surface area contributed by atoms with E-state index in [-0.39, 0.29) is 17.0 Å². The van der Waals surface area contributed by atoms with Crippen molar-refractivity contribution in [3.8, 4) is 0 Å². The van der Waals surface area contributed by atoms with Crippen LogP contribution in [0.15, 0.2) is 34.8 Å². The molecule has 0 radical (unpaired) electrons. The van der Waals surface area contributed by atoms with E-state index in [9.17, 15) is 14.0 Å². The van der Waals surface area contributed by atoms with Crippen LogP contribution in [-0.4, -0.2) is 46.2 Å². The lowest BCUT2D eigenvalue weighted by atomic mass is 9.75. The Balaban J connectivity index is 1.72. The lowest BCUT2D eigenvalue weighted by Crippen LogP contribution is -2.48. The summed E-state index contributed by atoms with van der Waals surface area (Å²) in [4.78, 5) is 32.0. The van der Waals surface area contributed by atoms with Gasteiger partial charge in [0.05, 0.1) is 12.1 Å². The van der Waals surface area contributed by atoms with E-state index in [0.717, 1.165) is 0 Å². The third kappa shape index (κ3) is 3.98. The number of carbonyl (C=O) groups excluding carboxylic acids is 1. The molecular weight excluding hydrogens is 419 g/mol. The van der Waals surface area contributed by atoms with E-state index in [2.05, 4.69) is 20.6 Å². The van der Waals surface area contributed by atoms with Gasteiger partial charge in [0.1, 0.15) is 5.82 Å². The molecule has 0 spiro atoms. The zero-order valence-corrected chi connectivity index (χ0v) is 16.7. The summed E-state index contributed by atoms with van der Waals surface area (Å²) >= 11 is 2.47. The largest absolute Gasteiger partial charge is 0.465 e. The summed E-state index contributed by atoms with van der Waals surface area (Å²) in [6.45, 7) is 0.770. The van der Waals surface area contributed by atoms with Gasteiger partial charge in [-0.2, -0.15) is 0 Å². The van der Waals surface area contributed by atoms with E-state index in [1.807, 2.05) is 0 Å². The average molecular weight is 436 g/mol. The van der Waals surface area contributed by atoms with Crippen LogP contribution in [0.3, 0.4) is 0 Å². The third-order valence-corrected chi connectivity index (χ3v) is 6.68. The number of thiazole rings is 1. The second-order valence-corrected chi connectivity index (χ2v) is 8.49. The van der Waals surface area contributed by atoms with E-state index < -0.39 is 17.4 Å². The molecule has 0 aliphatic carbocycles. The van der Waals surface area contributed by atoms with Crippen molar-refractivity contribution in [3.05, 3.63) is 46.2 Å². The van der Waals surface area contributed by atoms with Crippen molar-refractivity contribution >= 4 is 46.0 Å². The Hall–Kier alpha value is -2.50. The fraction of sp³-hybridized carbons (Fsp3) is 0.333. The molecule has 1 aromatic carbocycles. The number of hydrogen-bond acceptors (Lipinski definition) is 7. The van der Waals surface area contributed by atoms with Crippen LogP contribution in [0, 0.1) is 11.7 Å². The molecule has 8 nitrogen and oxygen atoms in total. The molecule has 29 heavy (non-hydrogen) atoms. The molecule has 152 valence electrons. The highest BCUT2D eigenvalue weighted by molar-refractivity contribution is 8.13. The van der Waals surface area contributed by atoms with Crippen molar-refractivity contribution in [2.24, 2.45) is 10.9 Å². The van der Waals surface area contributed by atoms with Crippen molar-refractivity contribution in [1.29, 1.82) is 0 Å². The lowest BCUT2D eigenvalue weighted by molar-refractivity contribution is 0.00878. The number of nitrogens with zero attached hydrogens (tertiary/aromatic N) is 2. The number of fused-ring (bicyclic) bond motifs is 1. The molecule has 0 saturated carbocycles. The van der Waals surface area contributed by atoms with Crippen LogP contribution in [-0.2, 0) is 10.3 Å². The van der Waals surface area contributed by atoms with Gasteiger partial charge in [0.2, 0.25) is 0 Å². The Morgan fingerprint density at radius 1 is 1.34 bits per heavy atom. The van der Waals surface area contributed by atoms with E-state index in [4.69, 9.17) is 9.84 Å². The predicted molar refractivity (Wildman–Crippen MR) is 108 cm³/mol. The standard InChI is InChI=1S/C18H17FN4O4S2/c19-13-2-1-11(21-14(24)15-20-4-6-28-15)7-12(13)18-3-5-27-8-10(18)9-29-16(23-18)22-17(25)26/h1-2,4,6-7,10H,3,5,8-9H2,(H,21,24)(H,22,23)(H,25,26)/t10?,18-/m0/s1. The number of ether oxygens (including phenoxy) is 1. The number of rotatable bonds is 3. The summed E-state index contributed by atoms with van der Waals surface area (Å²) in [6, 6.07) is 4.33. The molecular formula is C18H17FN4O4S2. The summed E-state index contributed by atoms with van der Waals surface area (Å²) in [5.41, 5.74) is -0.233. The van der Waals surface area contributed by atoms with Crippen LogP contribution >= 0.6 is 23.1 Å². The number of carboxylic acid groups (broad SMARTS) is 1. The Morgan fingerprint density at radius 2 is 2.21 bits per heavy atom. The summed E-state index contributed by atoms with van der Waals surface area (Å²) < 4.78 is 20.5. The van der Waals surface area contributed by atoms with Crippen LogP contribution in [0.1, 0.15) is 21.8 Å². The molecule has 3 heterocycles. The second-order valence-electron chi connectivity index (χ2n) is 6.59. The van der Waals surface area contributed by atoms with Crippen molar-refractivity contribution < 1.29 is 23.8 Å². The molecule has 0 bridgehead atoms. The quantitative estimate of drug-likeness (QED) is 0.681. The molecule has 3 N–H and O–H groups in total. The highest BCUT2D eigenvalue weighted by Gasteiger charge is 2.47. The molecule has 2 atom stereocenters. The molecule has 1 unspecified atom stereocenters. The van der Waals surface area contributed by atoms with Gasteiger partial charge in [-0.1, -0.05) is 11.8 Å². The molecule has 1 fully saturated rings. The van der Waals surface area contributed by atoms with Gasteiger partial charge in [0, 0.05) is 47.5 Å². The van der Waals surface area contributed by atoms with Gasteiger partial charge in [0.25, 0.3) is 5.91 Å². The maximum atomic E-state index is 14.9. The second kappa shape index (κ2) is 8.09. The molecule has 11 heteroatoms. The number of aromatic nitrogens is 1. The minimum absolute atomic E-state index is 0.125. The van der Waals surface area contributed by atoms with Crippen LogP contribution < -0.4 is 10.6 Å². The zero-order valence-electron chi connectivity index (χ0n) is 15.1. The van der Waals surface area contributed by atoms with Crippen molar-refractivity contribution in [2.45, 2.75) is 12.0 Å². The zero-order chi connectivity index (χ0) is 20.4. The molecule has 2 aliphatic heterocycles. The number of amides is 2. The Bertz CT molecular complexity index is 969. The smallest absolute Gasteiger partial charge is 0.410 e. The first-order valence-electron chi connectivity index (χ1n) is 8.79. The Labute approximate surface area is 173 Å². The van der Waals surface area contributed by atoms with Crippen LogP contribution in [0.4, 0.5) is 14.9 Å². The first-order valence-corrected chi connectivity index (χ1v) is 10.7. The van der Waals surface area contributed by atoms with Gasteiger partial charge < -0.3 is 15.2 Å². The number of hydrogen-bond donors (Lipinski definition) is 3. The number of halogens is 1. The van der Waals surface area contributed by atoms with Gasteiger partial charge in [-0.3, -0.25) is 15.1 Å². The van der Waals surface area contributed by atoms with E-state index in [0.29, 0.717) is 41.6 Å². The van der Waals surface area contributed by atoms with Gasteiger partial charge in [0.15, 0.2) is 10.2 Å². The number of aliphatic imine (C=N–C) groups is 1. The minimum atomic E-state index is -1.22. The van der Waals surface area contributed by atoms with Crippen LogP contribution in [0.2, 0.25) is 0 Å². The SMILES string of the molecule is O=C(O)NC1=N[C@@]2(c3cc(NC(=O)c4nccs4)ccc3F)CCOCC2CS1. The Morgan fingerprint density at radius 3 is 2.97 bits per heavy atom. The van der Waals surface area contributed by atoms with Crippen molar-refractivity contribution in [3.63, 3.8) is 0 Å². The maximum Gasteiger partial charge on any atom is 0.410 e. The fourth-order valence-corrected chi connectivity index (χ4v) is 5.20. The summed E-state index contributed by atoms with van der Waals surface area (Å²) in [7, 11) is 0. The number of anilines is 1. The van der Waals surface area contributed by atoms with Crippen molar-refractivity contribution in [1.82, 2.24) is 10.3 Å². The van der Waals surface area contributed by atoms with E-state index in [1.165, 1.54) is 41.4 Å². The highest BCUT2D eigenvalue weighted by atomic mass is 32.2. The molecule has 4 rings (SSSR count). The van der Waals surface area contributed by atoms with Crippen molar-refractivity contribution in [2.75, 3.05) is 24.3 Å². The van der Waals surface area contributed by atoms with Gasteiger partial charge in [-0.25, -0.2) is 14.2 Å². The first-order chi connectivity index (χ1) is 14.0. The third-order valence-electron chi connectivity index (χ3n) is 4.88.